The van der Waals surface area contributed by atoms with Crippen LogP contribution in [0.1, 0.15) is 28.9 Å². The van der Waals surface area contributed by atoms with Crippen LogP contribution in [0.3, 0.4) is 0 Å². The Labute approximate surface area is 159 Å². The Morgan fingerprint density at radius 3 is 2.69 bits per heavy atom. The molecule has 1 aromatic heterocycles. The van der Waals surface area contributed by atoms with Crippen LogP contribution in [-0.2, 0) is 6.54 Å². The summed E-state index contributed by atoms with van der Waals surface area (Å²) in [6.45, 7) is 9.05. The third-order valence-corrected chi connectivity index (χ3v) is 5.01. The molecule has 2 aromatic rings. The molecule has 2 rings (SSSR count). The van der Waals surface area contributed by atoms with Crippen LogP contribution < -0.4 is 15.5 Å². The highest BCUT2D eigenvalue weighted by molar-refractivity contribution is 7.11. The van der Waals surface area contributed by atoms with Crippen LogP contribution in [-0.4, -0.2) is 37.6 Å². The highest BCUT2D eigenvalue weighted by Gasteiger charge is 2.07. The van der Waals surface area contributed by atoms with Crippen LogP contribution in [0, 0.1) is 19.7 Å². The van der Waals surface area contributed by atoms with Crippen molar-refractivity contribution in [1.29, 1.82) is 0 Å². The normalized spacial score (nSPS) is 11.5. The van der Waals surface area contributed by atoms with Gasteiger partial charge in [-0.05, 0) is 39.3 Å². The first-order valence-corrected chi connectivity index (χ1v) is 9.73. The first-order valence-electron chi connectivity index (χ1n) is 8.92. The predicted octanol–water partition coefficient (Wildman–Crippen LogP) is 3.48. The van der Waals surface area contributed by atoms with Gasteiger partial charge in [0.1, 0.15) is 5.82 Å². The number of para-hydroxylation sites is 1. The second-order valence-electron chi connectivity index (χ2n) is 6.09. The molecule has 0 atom stereocenters. The maximum atomic E-state index is 13.8. The third kappa shape index (κ3) is 5.98. The van der Waals surface area contributed by atoms with Gasteiger partial charge in [-0.1, -0.05) is 12.1 Å². The number of guanidine groups is 1. The van der Waals surface area contributed by atoms with E-state index in [0.29, 0.717) is 12.2 Å². The number of thiazole rings is 1. The Morgan fingerprint density at radius 1 is 1.27 bits per heavy atom. The average Bonchev–Trinajstić information content (AvgIpc) is 2.94. The number of benzene rings is 1. The largest absolute Gasteiger partial charge is 0.372 e. The standard InChI is InChI=1S/C19H28FN5S/c1-5-21-19(23-13-18-14(2)24-15(3)26-18)22-11-8-12-25(4)17-10-7-6-9-16(17)20/h6-7,9-10H,5,8,11-13H2,1-4H3,(H2,21,22,23). The van der Waals surface area contributed by atoms with Crippen molar-refractivity contribution in [2.75, 3.05) is 31.6 Å². The third-order valence-electron chi connectivity index (χ3n) is 3.95. The number of nitrogens with one attached hydrogen (secondary N) is 2. The summed E-state index contributed by atoms with van der Waals surface area (Å²) in [5.74, 6) is 0.611. The lowest BCUT2D eigenvalue weighted by atomic mass is 10.2. The molecule has 1 heterocycles. The van der Waals surface area contributed by atoms with Crippen LogP contribution in [0.2, 0.25) is 0 Å². The molecular formula is C19H28FN5S. The van der Waals surface area contributed by atoms with Crippen LogP contribution in [0.5, 0.6) is 0 Å². The monoisotopic (exact) mass is 377 g/mol. The number of anilines is 1. The minimum atomic E-state index is -0.187. The van der Waals surface area contributed by atoms with Gasteiger partial charge in [-0.25, -0.2) is 14.4 Å². The molecule has 0 radical (unpaired) electrons. The van der Waals surface area contributed by atoms with Crippen molar-refractivity contribution >= 4 is 23.0 Å². The molecule has 5 nitrogen and oxygen atoms in total. The second-order valence-corrected chi connectivity index (χ2v) is 7.38. The quantitative estimate of drug-likeness (QED) is 0.420. The lowest BCUT2D eigenvalue weighted by molar-refractivity contribution is 0.619. The van der Waals surface area contributed by atoms with E-state index >= 15 is 0 Å². The number of aryl methyl sites for hydroxylation is 2. The second kappa shape index (κ2) is 10.1. The number of nitrogens with zero attached hydrogens (tertiary/aromatic N) is 3. The molecule has 1 aromatic carbocycles. The molecule has 0 bridgehead atoms. The van der Waals surface area contributed by atoms with E-state index in [1.54, 1.807) is 23.5 Å². The van der Waals surface area contributed by atoms with Crippen molar-refractivity contribution < 1.29 is 4.39 Å². The minimum Gasteiger partial charge on any atom is -0.372 e. The zero-order valence-corrected chi connectivity index (χ0v) is 16.8. The average molecular weight is 378 g/mol. The van der Waals surface area contributed by atoms with E-state index in [1.807, 2.05) is 38.8 Å². The summed E-state index contributed by atoms with van der Waals surface area (Å²) in [7, 11) is 1.91. The highest BCUT2D eigenvalue weighted by atomic mass is 32.1. The lowest BCUT2D eigenvalue weighted by Crippen LogP contribution is -2.38. The molecule has 0 unspecified atom stereocenters. The summed E-state index contributed by atoms with van der Waals surface area (Å²) in [6, 6.07) is 6.85. The molecule has 142 valence electrons. The van der Waals surface area contributed by atoms with E-state index < -0.39 is 0 Å². The number of rotatable bonds is 8. The lowest BCUT2D eigenvalue weighted by Gasteiger charge is -2.20. The van der Waals surface area contributed by atoms with Crippen LogP contribution in [0.4, 0.5) is 10.1 Å². The molecule has 2 N–H and O–H groups in total. The van der Waals surface area contributed by atoms with E-state index in [-0.39, 0.29) is 5.82 Å². The molecule has 26 heavy (non-hydrogen) atoms. The Kier molecular flexibility index (Phi) is 7.84. The van der Waals surface area contributed by atoms with Crippen LogP contribution in [0.25, 0.3) is 0 Å². The number of hydrogen-bond acceptors (Lipinski definition) is 4. The van der Waals surface area contributed by atoms with Crippen molar-refractivity contribution in [1.82, 2.24) is 15.6 Å². The molecule has 0 aliphatic rings. The van der Waals surface area contributed by atoms with Gasteiger partial charge < -0.3 is 15.5 Å². The maximum Gasteiger partial charge on any atom is 0.191 e. The van der Waals surface area contributed by atoms with Crippen LogP contribution in [0.15, 0.2) is 29.3 Å². The van der Waals surface area contributed by atoms with Gasteiger partial charge in [-0.2, -0.15) is 0 Å². The Hall–Kier alpha value is -2.15. The Balaban J connectivity index is 1.81. The summed E-state index contributed by atoms with van der Waals surface area (Å²) >= 11 is 1.69. The Bertz CT molecular complexity index is 728. The van der Waals surface area contributed by atoms with Crippen molar-refractivity contribution in [2.24, 2.45) is 4.99 Å². The van der Waals surface area contributed by atoms with Gasteiger partial charge in [0.25, 0.3) is 0 Å². The molecule has 0 saturated heterocycles. The molecule has 0 saturated carbocycles. The number of aromatic nitrogens is 1. The van der Waals surface area contributed by atoms with E-state index in [0.717, 1.165) is 42.7 Å². The number of aliphatic imine (C=N–C) groups is 1. The summed E-state index contributed by atoms with van der Waals surface area (Å²) in [6.07, 6.45) is 0.883. The summed E-state index contributed by atoms with van der Waals surface area (Å²) in [5.41, 5.74) is 1.68. The van der Waals surface area contributed by atoms with Gasteiger partial charge >= 0.3 is 0 Å². The number of halogens is 1. The van der Waals surface area contributed by atoms with Gasteiger partial charge in [0, 0.05) is 31.6 Å². The Morgan fingerprint density at radius 2 is 2.04 bits per heavy atom. The van der Waals surface area contributed by atoms with Gasteiger partial charge in [0.05, 0.1) is 22.9 Å². The van der Waals surface area contributed by atoms with E-state index in [4.69, 9.17) is 0 Å². The minimum absolute atomic E-state index is 0.187. The molecular weight excluding hydrogens is 349 g/mol. The van der Waals surface area contributed by atoms with Crippen LogP contribution >= 0.6 is 11.3 Å². The summed E-state index contributed by atoms with van der Waals surface area (Å²) in [4.78, 5) is 12.2. The fourth-order valence-corrected chi connectivity index (χ4v) is 3.48. The maximum absolute atomic E-state index is 13.8. The fourth-order valence-electron chi connectivity index (χ4n) is 2.62. The topological polar surface area (TPSA) is 52.6 Å². The van der Waals surface area contributed by atoms with Crippen molar-refractivity contribution in [3.05, 3.63) is 45.7 Å². The number of hydrogen-bond donors (Lipinski definition) is 2. The van der Waals surface area contributed by atoms with Gasteiger partial charge in [0.15, 0.2) is 5.96 Å². The molecule has 7 heteroatoms. The first kappa shape index (κ1) is 20.2. The first-order chi connectivity index (χ1) is 12.5. The summed E-state index contributed by atoms with van der Waals surface area (Å²) in [5, 5.41) is 7.67. The molecule has 0 fully saturated rings. The van der Waals surface area contributed by atoms with E-state index in [2.05, 4.69) is 20.6 Å². The SMILES string of the molecule is CCNC(=NCc1sc(C)nc1C)NCCCN(C)c1ccccc1F. The van der Waals surface area contributed by atoms with Gasteiger partial charge in [-0.3, -0.25) is 0 Å². The van der Waals surface area contributed by atoms with E-state index in [1.165, 1.54) is 10.9 Å². The summed E-state index contributed by atoms with van der Waals surface area (Å²) < 4.78 is 13.8. The highest BCUT2D eigenvalue weighted by Crippen LogP contribution is 2.18. The molecule has 0 spiro atoms. The van der Waals surface area contributed by atoms with E-state index in [9.17, 15) is 4.39 Å². The van der Waals surface area contributed by atoms with Crippen molar-refractivity contribution in [2.45, 2.75) is 33.7 Å². The molecule has 0 amide bonds. The molecule has 0 aliphatic carbocycles. The van der Waals surface area contributed by atoms with Gasteiger partial charge in [0.2, 0.25) is 0 Å². The fraction of sp³-hybridized carbons (Fsp3) is 0.474. The molecule has 0 aliphatic heterocycles. The van der Waals surface area contributed by atoms with Crippen molar-refractivity contribution in [3.8, 4) is 0 Å². The zero-order chi connectivity index (χ0) is 18.9. The smallest absolute Gasteiger partial charge is 0.191 e. The predicted molar refractivity (Wildman–Crippen MR) is 109 cm³/mol. The zero-order valence-electron chi connectivity index (χ0n) is 16.0. The van der Waals surface area contributed by atoms with Crippen molar-refractivity contribution in [3.63, 3.8) is 0 Å². The van der Waals surface area contributed by atoms with Gasteiger partial charge in [-0.15, -0.1) is 11.3 Å².